The summed E-state index contributed by atoms with van der Waals surface area (Å²) in [4.78, 5) is 5.35. The van der Waals surface area contributed by atoms with E-state index < -0.39 is 0 Å². The molecule has 4 rings (SSSR count). The summed E-state index contributed by atoms with van der Waals surface area (Å²) in [6.45, 7) is 5.75. The number of anilines is 1. The van der Waals surface area contributed by atoms with Crippen LogP contribution in [0, 0.1) is 0 Å². The number of piperazine rings is 1. The molecule has 1 aliphatic heterocycles. The van der Waals surface area contributed by atoms with Crippen molar-refractivity contribution < 1.29 is 4.74 Å². The van der Waals surface area contributed by atoms with Crippen LogP contribution in [0.4, 0.5) is 5.69 Å². The Morgan fingerprint density at radius 2 is 1.80 bits per heavy atom. The Morgan fingerprint density at radius 1 is 0.960 bits per heavy atom. The van der Waals surface area contributed by atoms with Crippen LogP contribution in [0.1, 0.15) is 24.5 Å². The highest BCUT2D eigenvalue weighted by Gasteiger charge is 2.40. The number of nitrogens with zero attached hydrogens (tertiary/aromatic N) is 2. The van der Waals surface area contributed by atoms with E-state index in [2.05, 4.69) is 65.3 Å². The first kappa shape index (κ1) is 16.5. The predicted octanol–water partition coefficient (Wildman–Crippen LogP) is 3.76. The zero-order valence-electron chi connectivity index (χ0n) is 15.3. The van der Waals surface area contributed by atoms with Gasteiger partial charge in [0.1, 0.15) is 5.75 Å². The van der Waals surface area contributed by atoms with E-state index in [0.29, 0.717) is 12.1 Å². The Labute approximate surface area is 151 Å². The van der Waals surface area contributed by atoms with Crippen molar-refractivity contribution in [1.29, 1.82) is 0 Å². The highest BCUT2D eigenvalue weighted by molar-refractivity contribution is 5.52. The van der Waals surface area contributed by atoms with Gasteiger partial charge >= 0.3 is 0 Å². The second-order valence-electron chi connectivity index (χ2n) is 7.21. The van der Waals surface area contributed by atoms with Crippen molar-refractivity contribution >= 4 is 5.69 Å². The monoisotopic (exact) mass is 336 g/mol. The zero-order chi connectivity index (χ0) is 17.2. The number of hydrogen-bond acceptors (Lipinski definition) is 3. The van der Waals surface area contributed by atoms with Gasteiger partial charge in [0.25, 0.3) is 0 Å². The fourth-order valence-corrected chi connectivity index (χ4v) is 4.69. The molecule has 2 atom stereocenters. The lowest BCUT2D eigenvalue weighted by Crippen LogP contribution is -2.62. The lowest BCUT2D eigenvalue weighted by atomic mass is 9.81. The molecule has 1 fully saturated rings. The second-order valence-corrected chi connectivity index (χ2v) is 7.21. The van der Waals surface area contributed by atoms with Gasteiger partial charge in [-0.05, 0) is 55.1 Å². The summed E-state index contributed by atoms with van der Waals surface area (Å²) in [6.07, 6.45) is 3.42. The molecule has 1 heterocycles. The van der Waals surface area contributed by atoms with Gasteiger partial charge in [0.2, 0.25) is 0 Å². The largest absolute Gasteiger partial charge is 0.496 e. The number of para-hydroxylation sites is 1. The molecular formula is C22H28N2O. The smallest absolute Gasteiger partial charge is 0.122 e. The molecule has 3 heteroatoms. The van der Waals surface area contributed by atoms with Crippen LogP contribution in [-0.4, -0.2) is 43.7 Å². The van der Waals surface area contributed by atoms with E-state index in [9.17, 15) is 0 Å². The van der Waals surface area contributed by atoms with Gasteiger partial charge in [0, 0.05) is 30.9 Å². The average Bonchev–Trinajstić information content (AvgIpc) is 2.67. The van der Waals surface area contributed by atoms with Crippen molar-refractivity contribution in [1.82, 2.24) is 4.90 Å². The fourth-order valence-electron chi connectivity index (χ4n) is 4.69. The minimum absolute atomic E-state index is 0.520. The Bertz CT molecular complexity index is 715. The number of methoxy groups -OCH3 is 1. The van der Waals surface area contributed by atoms with Crippen LogP contribution in [-0.2, 0) is 12.8 Å². The van der Waals surface area contributed by atoms with E-state index in [4.69, 9.17) is 4.74 Å². The van der Waals surface area contributed by atoms with Crippen molar-refractivity contribution in [2.75, 3.05) is 31.6 Å². The SMILES string of the molecule is CCCN1CCN(c2ccccc2)[C@@H]2Cc3c(cccc3OC)C[C@H]21. The standard InChI is InChI=1S/C22H28N2O/c1-3-12-23-13-14-24(18-9-5-4-6-10-18)21-16-19-17(15-20(21)23)8-7-11-22(19)25-2/h4-11,20-21H,3,12-16H2,1-2H3/t20-,21-/m1/s1. The fraction of sp³-hybridized carbons (Fsp3) is 0.455. The third-order valence-corrected chi connectivity index (χ3v) is 5.83. The van der Waals surface area contributed by atoms with Crippen molar-refractivity contribution in [3.8, 4) is 5.75 Å². The summed E-state index contributed by atoms with van der Waals surface area (Å²) < 4.78 is 5.68. The number of hydrogen-bond donors (Lipinski definition) is 0. The minimum Gasteiger partial charge on any atom is -0.496 e. The van der Waals surface area contributed by atoms with Gasteiger partial charge in [-0.25, -0.2) is 0 Å². The molecule has 0 spiro atoms. The van der Waals surface area contributed by atoms with Gasteiger partial charge in [-0.15, -0.1) is 0 Å². The van der Waals surface area contributed by atoms with Crippen molar-refractivity contribution in [3.63, 3.8) is 0 Å². The topological polar surface area (TPSA) is 15.7 Å². The minimum atomic E-state index is 0.520. The van der Waals surface area contributed by atoms with Crippen molar-refractivity contribution in [2.45, 2.75) is 38.3 Å². The maximum atomic E-state index is 5.68. The van der Waals surface area contributed by atoms with Crippen LogP contribution >= 0.6 is 0 Å². The summed E-state index contributed by atoms with van der Waals surface area (Å²) >= 11 is 0. The van der Waals surface area contributed by atoms with Gasteiger partial charge < -0.3 is 9.64 Å². The van der Waals surface area contributed by atoms with E-state index in [0.717, 1.165) is 31.7 Å². The van der Waals surface area contributed by atoms with Gasteiger partial charge in [-0.1, -0.05) is 37.3 Å². The van der Waals surface area contributed by atoms with Gasteiger partial charge in [-0.2, -0.15) is 0 Å². The van der Waals surface area contributed by atoms with Crippen LogP contribution in [0.5, 0.6) is 5.75 Å². The molecule has 0 amide bonds. The third-order valence-electron chi connectivity index (χ3n) is 5.83. The highest BCUT2D eigenvalue weighted by atomic mass is 16.5. The quantitative estimate of drug-likeness (QED) is 0.845. The Hall–Kier alpha value is -2.00. The van der Waals surface area contributed by atoms with Crippen molar-refractivity contribution in [3.05, 3.63) is 59.7 Å². The highest BCUT2D eigenvalue weighted by Crippen LogP contribution is 2.37. The van der Waals surface area contributed by atoms with Gasteiger partial charge in [-0.3, -0.25) is 4.90 Å². The molecule has 0 saturated carbocycles. The first-order valence-corrected chi connectivity index (χ1v) is 9.52. The van der Waals surface area contributed by atoms with Crippen LogP contribution in [0.2, 0.25) is 0 Å². The first-order valence-electron chi connectivity index (χ1n) is 9.52. The molecule has 0 aromatic heterocycles. The van der Waals surface area contributed by atoms with Gasteiger partial charge in [0.15, 0.2) is 0 Å². The predicted molar refractivity (Wildman–Crippen MR) is 104 cm³/mol. The molecule has 0 radical (unpaired) electrons. The summed E-state index contributed by atoms with van der Waals surface area (Å²) in [5.41, 5.74) is 4.23. The molecule has 0 N–H and O–H groups in total. The molecule has 2 aromatic rings. The summed E-state index contributed by atoms with van der Waals surface area (Å²) in [7, 11) is 1.79. The average molecular weight is 336 g/mol. The molecule has 2 aromatic carbocycles. The zero-order valence-corrected chi connectivity index (χ0v) is 15.3. The number of benzene rings is 2. The lowest BCUT2D eigenvalue weighted by Gasteiger charge is -2.51. The third kappa shape index (κ3) is 3.02. The van der Waals surface area contributed by atoms with E-state index in [1.807, 2.05) is 0 Å². The molecule has 3 nitrogen and oxygen atoms in total. The number of fused-ring (bicyclic) bond motifs is 2. The maximum Gasteiger partial charge on any atom is 0.122 e. The Kier molecular flexibility index (Phi) is 4.67. The normalized spacial score (nSPS) is 23.0. The van der Waals surface area contributed by atoms with E-state index in [1.165, 1.54) is 29.8 Å². The van der Waals surface area contributed by atoms with E-state index in [1.54, 1.807) is 7.11 Å². The molecule has 25 heavy (non-hydrogen) atoms. The second kappa shape index (κ2) is 7.09. The molecule has 0 bridgehead atoms. The molecule has 2 aliphatic rings. The molecule has 1 aliphatic carbocycles. The van der Waals surface area contributed by atoms with Crippen LogP contribution in [0.3, 0.4) is 0 Å². The first-order chi connectivity index (χ1) is 12.3. The van der Waals surface area contributed by atoms with E-state index >= 15 is 0 Å². The van der Waals surface area contributed by atoms with Crippen LogP contribution < -0.4 is 9.64 Å². The summed E-state index contributed by atoms with van der Waals surface area (Å²) in [5, 5.41) is 0. The van der Waals surface area contributed by atoms with Gasteiger partial charge in [0.05, 0.1) is 7.11 Å². The number of rotatable bonds is 4. The summed E-state index contributed by atoms with van der Waals surface area (Å²) in [6, 6.07) is 18.6. The summed E-state index contributed by atoms with van der Waals surface area (Å²) in [5.74, 6) is 1.05. The molecular weight excluding hydrogens is 308 g/mol. The maximum absolute atomic E-state index is 5.68. The number of ether oxygens (including phenoxy) is 1. The Balaban J connectivity index is 1.72. The molecule has 1 saturated heterocycles. The van der Waals surface area contributed by atoms with E-state index in [-0.39, 0.29) is 0 Å². The van der Waals surface area contributed by atoms with Crippen LogP contribution in [0.15, 0.2) is 48.5 Å². The lowest BCUT2D eigenvalue weighted by molar-refractivity contribution is 0.131. The molecule has 0 unspecified atom stereocenters. The van der Waals surface area contributed by atoms with Crippen molar-refractivity contribution in [2.24, 2.45) is 0 Å². The van der Waals surface area contributed by atoms with Crippen LogP contribution in [0.25, 0.3) is 0 Å². The molecule has 132 valence electrons. The Morgan fingerprint density at radius 3 is 2.56 bits per heavy atom.